The van der Waals surface area contributed by atoms with Crippen LogP contribution in [0.15, 0.2) is 23.0 Å². The fraction of sp³-hybridized carbons (Fsp3) is 0.611. The highest BCUT2D eigenvalue weighted by Crippen LogP contribution is 2.36. The zero-order valence-corrected chi connectivity index (χ0v) is 15.6. The molecule has 2 saturated heterocycles. The molecule has 29 heavy (non-hydrogen) atoms. The average molecular weight is 413 g/mol. The summed E-state index contributed by atoms with van der Waals surface area (Å²) in [5.74, 6) is 0.732. The van der Waals surface area contributed by atoms with Crippen molar-refractivity contribution in [3.8, 4) is 0 Å². The number of hydrogen-bond donors (Lipinski definition) is 2. The lowest BCUT2D eigenvalue weighted by atomic mass is 9.83. The van der Waals surface area contributed by atoms with Crippen molar-refractivity contribution in [1.82, 2.24) is 25.3 Å². The molecule has 11 heteroatoms. The summed E-state index contributed by atoms with van der Waals surface area (Å²) in [7, 11) is 0. The summed E-state index contributed by atoms with van der Waals surface area (Å²) >= 11 is 0. The molecule has 4 heterocycles. The van der Waals surface area contributed by atoms with Gasteiger partial charge in [0.15, 0.2) is 0 Å². The van der Waals surface area contributed by atoms with E-state index in [-0.39, 0.29) is 30.3 Å². The molecule has 0 aromatic carbocycles. The number of likely N-dealkylation sites (tertiary alicyclic amines) is 1. The lowest BCUT2D eigenvalue weighted by Gasteiger charge is -2.35. The number of nitrogens with one attached hydrogen (secondary N) is 2. The Kier molecular flexibility index (Phi) is 5.59. The topological polar surface area (TPSA) is 96.3 Å². The number of ether oxygens (including phenoxy) is 1. The van der Waals surface area contributed by atoms with Crippen molar-refractivity contribution in [2.24, 2.45) is 11.8 Å². The van der Waals surface area contributed by atoms with Crippen LogP contribution in [0, 0.1) is 11.8 Å². The first-order valence-electron chi connectivity index (χ1n) is 9.49. The smallest absolute Gasteiger partial charge is 0.377 e. The molecule has 0 bridgehead atoms. The van der Waals surface area contributed by atoms with Gasteiger partial charge in [-0.25, -0.2) is 4.98 Å². The molecule has 2 fully saturated rings. The highest BCUT2D eigenvalue weighted by molar-refractivity contribution is 5.76. The van der Waals surface area contributed by atoms with Crippen LogP contribution in [0.2, 0.25) is 0 Å². The summed E-state index contributed by atoms with van der Waals surface area (Å²) in [6.45, 7) is 2.64. The van der Waals surface area contributed by atoms with E-state index in [1.165, 1.54) is 6.26 Å². The van der Waals surface area contributed by atoms with Crippen LogP contribution < -0.4 is 5.32 Å². The first-order chi connectivity index (χ1) is 13.9. The van der Waals surface area contributed by atoms with E-state index in [2.05, 4.69) is 25.3 Å². The van der Waals surface area contributed by atoms with Crippen molar-refractivity contribution in [3.63, 3.8) is 0 Å². The molecule has 2 aliphatic heterocycles. The summed E-state index contributed by atoms with van der Waals surface area (Å²) in [6, 6.07) is 1.69. The van der Waals surface area contributed by atoms with E-state index in [1.54, 1.807) is 6.07 Å². The third-order valence-electron chi connectivity index (χ3n) is 5.53. The number of fused-ring (bicyclic) bond motifs is 1. The summed E-state index contributed by atoms with van der Waals surface area (Å²) in [4.78, 5) is 20.5. The molecule has 0 unspecified atom stereocenters. The monoisotopic (exact) mass is 413 g/mol. The van der Waals surface area contributed by atoms with Gasteiger partial charge in [0.05, 0.1) is 38.4 Å². The molecule has 0 radical (unpaired) electrons. The number of nitrogens with zero attached hydrogens (tertiary/aromatic N) is 3. The minimum Gasteiger partial charge on any atom is -0.377 e. The van der Waals surface area contributed by atoms with Crippen LogP contribution >= 0.6 is 0 Å². The van der Waals surface area contributed by atoms with Crippen LogP contribution in [0.4, 0.5) is 13.2 Å². The number of carbonyl (C=O) groups excluding carboxylic acids is 1. The Hall–Kier alpha value is -2.40. The van der Waals surface area contributed by atoms with Crippen LogP contribution in [0.5, 0.6) is 0 Å². The van der Waals surface area contributed by atoms with Crippen LogP contribution in [0.3, 0.4) is 0 Å². The third-order valence-corrected chi connectivity index (χ3v) is 5.53. The Balaban J connectivity index is 1.25. The first kappa shape index (κ1) is 19.9. The Bertz CT molecular complexity index is 823. The van der Waals surface area contributed by atoms with Crippen LogP contribution in [-0.2, 0) is 28.8 Å². The maximum Gasteiger partial charge on any atom is 0.432 e. The molecule has 2 aromatic heterocycles. The van der Waals surface area contributed by atoms with E-state index in [1.807, 2.05) is 0 Å². The second-order valence-corrected chi connectivity index (χ2v) is 7.53. The van der Waals surface area contributed by atoms with Gasteiger partial charge in [-0.2, -0.15) is 13.2 Å². The molecule has 2 aromatic rings. The molecule has 0 spiro atoms. The fourth-order valence-corrected chi connectivity index (χ4v) is 4.09. The van der Waals surface area contributed by atoms with E-state index < -0.39 is 11.9 Å². The minimum atomic E-state index is -4.42. The SMILES string of the molecule is O=C(C[C@@H]1OC[C@H]2CN(Cc3ncc(C(F)(F)F)[nH]3)CC[C@H]21)NCc1ccon1. The maximum absolute atomic E-state index is 12.7. The molecule has 4 rings (SSSR count). The summed E-state index contributed by atoms with van der Waals surface area (Å²) < 4.78 is 48.7. The Labute approximate surface area is 164 Å². The van der Waals surface area contributed by atoms with Crippen LogP contribution in [0.25, 0.3) is 0 Å². The van der Waals surface area contributed by atoms with Gasteiger partial charge in [0, 0.05) is 18.5 Å². The van der Waals surface area contributed by atoms with Crippen molar-refractivity contribution in [1.29, 1.82) is 0 Å². The van der Waals surface area contributed by atoms with Gasteiger partial charge in [-0.3, -0.25) is 9.69 Å². The molecule has 158 valence electrons. The molecule has 1 amide bonds. The summed E-state index contributed by atoms with van der Waals surface area (Å²) in [5.41, 5.74) is -0.174. The molecular formula is C18H22F3N5O3. The van der Waals surface area contributed by atoms with E-state index >= 15 is 0 Å². The fourth-order valence-electron chi connectivity index (χ4n) is 4.09. The van der Waals surface area contributed by atoms with Gasteiger partial charge in [-0.05, 0) is 18.9 Å². The summed E-state index contributed by atoms with van der Waals surface area (Å²) in [6.07, 6.45) is -1.16. The van der Waals surface area contributed by atoms with E-state index in [4.69, 9.17) is 9.26 Å². The molecule has 0 aliphatic carbocycles. The minimum absolute atomic E-state index is 0.101. The number of halogens is 3. The molecule has 2 aliphatic rings. The largest absolute Gasteiger partial charge is 0.432 e. The number of carbonyl (C=O) groups is 1. The number of imidazole rings is 1. The van der Waals surface area contributed by atoms with Gasteiger partial charge in [-0.1, -0.05) is 5.16 Å². The second-order valence-electron chi connectivity index (χ2n) is 7.53. The standard InChI is InChI=1S/C18H22F3N5O3/c19-18(20,21)15-7-22-16(24-15)9-26-3-1-13-11(8-26)10-28-14(13)5-17(27)23-6-12-2-4-29-25-12/h2,4,7,11,13-14H,1,3,5-6,8-10H2,(H,22,24)(H,23,27)/t11-,13-,14+/m1/s1. The molecule has 8 nitrogen and oxygen atoms in total. The number of piperidine rings is 1. The molecule has 3 atom stereocenters. The van der Waals surface area contributed by atoms with E-state index in [0.29, 0.717) is 37.8 Å². The number of H-pyrrole nitrogens is 1. The number of aromatic amines is 1. The van der Waals surface area contributed by atoms with Crippen molar-refractivity contribution >= 4 is 5.91 Å². The lowest BCUT2D eigenvalue weighted by Crippen LogP contribution is -2.42. The lowest BCUT2D eigenvalue weighted by molar-refractivity contribution is -0.141. The second kappa shape index (κ2) is 8.15. The first-order valence-corrected chi connectivity index (χ1v) is 9.49. The summed E-state index contributed by atoms with van der Waals surface area (Å²) in [5, 5.41) is 6.55. The van der Waals surface area contributed by atoms with Gasteiger partial charge in [0.25, 0.3) is 0 Å². The highest BCUT2D eigenvalue weighted by atomic mass is 19.4. The molecule has 0 saturated carbocycles. The average Bonchev–Trinajstić information content (AvgIpc) is 3.41. The molecular weight excluding hydrogens is 391 g/mol. The van der Waals surface area contributed by atoms with Gasteiger partial charge >= 0.3 is 6.18 Å². The van der Waals surface area contributed by atoms with Crippen molar-refractivity contribution in [3.05, 3.63) is 35.7 Å². The quantitative estimate of drug-likeness (QED) is 0.752. The van der Waals surface area contributed by atoms with Crippen molar-refractivity contribution in [2.75, 3.05) is 19.7 Å². The predicted octanol–water partition coefficient (Wildman–Crippen LogP) is 1.96. The zero-order chi connectivity index (χ0) is 20.4. The van der Waals surface area contributed by atoms with Crippen molar-refractivity contribution in [2.45, 2.75) is 38.2 Å². The number of alkyl halides is 3. The number of aromatic nitrogens is 3. The van der Waals surface area contributed by atoms with Gasteiger partial charge < -0.3 is 19.6 Å². The number of rotatable bonds is 6. The zero-order valence-electron chi connectivity index (χ0n) is 15.6. The Morgan fingerprint density at radius 1 is 1.41 bits per heavy atom. The van der Waals surface area contributed by atoms with Crippen molar-refractivity contribution < 1.29 is 27.2 Å². The predicted molar refractivity (Wildman–Crippen MR) is 93.2 cm³/mol. The molecule has 2 N–H and O–H groups in total. The van der Waals surface area contributed by atoms with Crippen LogP contribution in [0.1, 0.15) is 30.1 Å². The number of amides is 1. The van der Waals surface area contributed by atoms with E-state index in [9.17, 15) is 18.0 Å². The van der Waals surface area contributed by atoms with E-state index in [0.717, 1.165) is 19.2 Å². The maximum atomic E-state index is 12.7. The Morgan fingerprint density at radius 2 is 2.28 bits per heavy atom. The van der Waals surface area contributed by atoms with Crippen LogP contribution in [-0.4, -0.2) is 51.7 Å². The Morgan fingerprint density at radius 3 is 3.00 bits per heavy atom. The van der Waals surface area contributed by atoms with Gasteiger partial charge in [-0.15, -0.1) is 0 Å². The third kappa shape index (κ3) is 4.78. The van der Waals surface area contributed by atoms with Gasteiger partial charge in [0.1, 0.15) is 23.5 Å². The normalized spacial score (nSPS) is 25.1. The van der Waals surface area contributed by atoms with Gasteiger partial charge in [0.2, 0.25) is 5.91 Å². The highest BCUT2D eigenvalue weighted by Gasteiger charge is 2.41. The number of hydrogen-bond acceptors (Lipinski definition) is 6.